The zero-order valence-corrected chi connectivity index (χ0v) is 29.8. The van der Waals surface area contributed by atoms with Crippen LogP contribution in [-0.2, 0) is 20.4 Å². The van der Waals surface area contributed by atoms with Gasteiger partial charge in [0.05, 0.1) is 0 Å². The van der Waals surface area contributed by atoms with Gasteiger partial charge in [-0.2, -0.15) is 0 Å². The van der Waals surface area contributed by atoms with Gasteiger partial charge in [0.1, 0.15) is 0 Å². The molecule has 6 heteroatoms. The SMILES string of the molecule is C=CC(C[PH](Oc1cc(C)c(C(C)(C)C)cc1C(C)(C)C)(Oc1cccc2ccccc12)Oc1cccc2ccccc12)OC(C)=O. The molecule has 5 aromatic rings. The van der Waals surface area contributed by atoms with Crippen LogP contribution < -0.4 is 13.6 Å². The fourth-order valence-corrected chi connectivity index (χ4v) is 8.70. The second-order valence-corrected chi connectivity index (χ2v) is 16.6. The van der Waals surface area contributed by atoms with E-state index in [2.05, 4.69) is 91.4 Å². The van der Waals surface area contributed by atoms with Crippen LogP contribution in [0.25, 0.3) is 21.5 Å². The number of benzene rings is 5. The second kappa shape index (κ2) is 13.4. The zero-order valence-electron chi connectivity index (χ0n) is 28.8. The summed E-state index contributed by atoms with van der Waals surface area (Å²) in [5, 5.41) is 3.91. The van der Waals surface area contributed by atoms with Gasteiger partial charge < -0.3 is 0 Å². The van der Waals surface area contributed by atoms with E-state index in [1.54, 1.807) is 6.08 Å². The van der Waals surface area contributed by atoms with E-state index in [9.17, 15) is 4.79 Å². The van der Waals surface area contributed by atoms with Crippen LogP contribution in [0.4, 0.5) is 0 Å². The van der Waals surface area contributed by atoms with Gasteiger partial charge in [0, 0.05) is 0 Å². The predicted octanol–water partition coefficient (Wildman–Crippen LogP) is 11.0. The van der Waals surface area contributed by atoms with Crippen molar-refractivity contribution < 1.29 is 23.1 Å². The third-order valence-electron chi connectivity index (χ3n) is 8.27. The Bertz CT molecular complexity index is 1820. The Morgan fingerprint density at radius 1 is 0.702 bits per heavy atom. The molecule has 0 amide bonds. The maximum atomic E-state index is 12.3. The number of ether oxygens (including phenoxy) is 1. The van der Waals surface area contributed by atoms with Crippen LogP contribution in [0.2, 0.25) is 0 Å². The minimum absolute atomic E-state index is 0.0701. The summed E-state index contributed by atoms with van der Waals surface area (Å²) in [5.74, 6) is 1.51. The zero-order chi connectivity index (χ0) is 34.0. The number of rotatable bonds is 10. The Hall–Kier alpha value is -4.34. The average molecular weight is 651 g/mol. The number of fused-ring (bicyclic) bond motifs is 2. The summed E-state index contributed by atoms with van der Waals surface area (Å²) in [5.41, 5.74) is 3.06. The number of hydrogen-bond donors (Lipinski definition) is 0. The van der Waals surface area contributed by atoms with Crippen molar-refractivity contribution in [3.05, 3.63) is 126 Å². The van der Waals surface area contributed by atoms with E-state index in [0.717, 1.165) is 32.7 Å². The third kappa shape index (κ3) is 7.80. The van der Waals surface area contributed by atoms with E-state index >= 15 is 0 Å². The summed E-state index contributed by atoms with van der Waals surface area (Å²) in [4.78, 5) is 12.3. The summed E-state index contributed by atoms with van der Waals surface area (Å²) in [6.45, 7) is 20.7. The molecule has 47 heavy (non-hydrogen) atoms. The Kier molecular flexibility index (Phi) is 9.70. The molecule has 0 N–H and O–H groups in total. The van der Waals surface area contributed by atoms with E-state index in [1.807, 2.05) is 60.7 Å². The van der Waals surface area contributed by atoms with E-state index in [1.165, 1.54) is 12.5 Å². The van der Waals surface area contributed by atoms with E-state index in [4.69, 9.17) is 18.3 Å². The van der Waals surface area contributed by atoms with Crippen molar-refractivity contribution in [2.45, 2.75) is 72.3 Å². The van der Waals surface area contributed by atoms with Gasteiger partial charge in [-0.1, -0.05) is 0 Å². The molecule has 1 atom stereocenters. The molecular weight excluding hydrogens is 603 g/mol. The van der Waals surface area contributed by atoms with Crippen molar-refractivity contribution in [1.82, 2.24) is 0 Å². The molecule has 0 heterocycles. The molecule has 0 saturated heterocycles. The number of esters is 1. The van der Waals surface area contributed by atoms with Crippen molar-refractivity contribution in [3.8, 4) is 17.2 Å². The van der Waals surface area contributed by atoms with Gasteiger partial charge in [0.2, 0.25) is 0 Å². The first-order chi connectivity index (χ1) is 22.2. The van der Waals surface area contributed by atoms with E-state index in [0.29, 0.717) is 17.2 Å². The molecule has 246 valence electrons. The van der Waals surface area contributed by atoms with Gasteiger partial charge >= 0.3 is 281 Å². The Morgan fingerprint density at radius 2 is 1.17 bits per heavy atom. The Morgan fingerprint density at radius 3 is 1.64 bits per heavy atom. The van der Waals surface area contributed by atoms with Crippen molar-refractivity contribution in [2.75, 3.05) is 6.16 Å². The summed E-state index contributed by atoms with van der Waals surface area (Å²) in [6.07, 6.45) is 1.02. The number of hydrogen-bond acceptors (Lipinski definition) is 5. The molecule has 0 saturated carbocycles. The van der Waals surface area contributed by atoms with Crippen molar-refractivity contribution in [1.29, 1.82) is 0 Å². The predicted molar refractivity (Wildman–Crippen MR) is 197 cm³/mol. The number of carbonyl (C=O) groups is 1. The topological polar surface area (TPSA) is 54.0 Å². The van der Waals surface area contributed by atoms with Crippen LogP contribution in [-0.4, -0.2) is 18.2 Å². The molecule has 0 aliphatic rings. The van der Waals surface area contributed by atoms with Crippen LogP contribution >= 0.6 is 7.94 Å². The Balaban J connectivity index is 1.79. The number of carbonyl (C=O) groups excluding carboxylic acids is 1. The van der Waals surface area contributed by atoms with Gasteiger partial charge in [0.25, 0.3) is 0 Å². The summed E-state index contributed by atoms with van der Waals surface area (Å²) in [7, 11) is -3.95. The molecule has 1 unspecified atom stereocenters. The molecule has 0 bridgehead atoms. The molecule has 5 nitrogen and oxygen atoms in total. The van der Waals surface area contributed by atoms with Gasteiger partial charge in [-0.05, 0) is 0 Å². The van der Waals surface area contributed by atoms with Gasteiger partial charge in [0.15, 0.2) is 0 Å². The van der Waals surface area contributed by atoms with Crippen molar-refractivity contribution >= 4 is 35.5 Å². The molecule has 5 rings (SSSR count). The minimum atomic E-state index is -3.95. The maximum absolute atomic E-state index is 12.3. The summed E-state index contributed by atoms with van der Waals surface area (Å²) >= 11 is 0. The van der Waals surface area contributed by atoms with Gasteiger partial charge in [-0.25, -0.2) is 0 Å². The van der Waals surface area contributed by atoms with Gasteiger partial charge in [-0.15, -0.1) is 0 Å². The molecule has 5 aromatic carbocycles. The fraction of sp³-hybridized carbons (Fsp3) is 0.293. The molecule has 0 aliphatic carbocycles. The standard InChI is InChI=1S/C41H47O5P/c1-10-32(43-29(3)42)27-47(44-37-23-15-19-30-17-11-13-21-33(30)37,45-38-24-16-20-31-18-12-14-22-34(31)38)46-39-25-28(2)35(40(4,5)6)26-36(39)41(7,8)9/h10-26,32,47H,1,27H2,2-9H3. The average Bonchev–Trinajstić information content (AvgIpc) is 2.99. The van der Waals surface area contributed by atoms with Crippen molar-refractivity contribution in [2.24, 2.45) is 0 Å². The quantitative estimate of drug-likeness (QED) is 0.0855. The van der Waals surface area contributed by atoms with Crippen LogP contribution in [0, 0.1) is 6.92 Å². The number of aryl methyl sites for hydroxylation is 1. The molecule has 0 spiro atoms. The first-order valence-corrected chi connectivity index (χ1v) is 18.1. The van der Waals surface area contributed by atoms with E-state index < -0.39 is 20.0 Å². The molecule has 0 aromatic heterocycles. The summed E-state index contributed by atoms with van der Waals surface area (Å²) in [6, 6.07) is 32.4. The first kappa shape index (κ1) is 34.0. The molecule has 0 radical (unpaired) electrons. The monoisotopic (exact) mass is 650 g/mol. The molecular formula is C41H47O5P. The summed E-state index contributed by atoms with van der Waals surface area (Å²) < 4.78 is 27.3. The van der Waals surface area contributed by atoms with Crippen LogP contribution in [0.5, 0.6) is 17.2 Å². The van der Waals surface area contributed by atoms with Crippen LogP contribution in [0.1, 0.15) is 65.2 Å². The van der Waals surface area contributed by atoms with E-state index in [-0.39, 0.29) is 17.0 Å². The van der Waals surface area contributed by atoms with Crippen molar-refractivity contribution in [3.63, 3.8) is 0 Å². The Labute approximate surface area is 280 Å². The second-order valence-electron chi connectivity index (χ2n) is 14.2. The molecule has 0 fully saturated rings. The fourth-order valence-electron chi connectivity index (χ4n) is 6.05. The van der Waals surface area contributed by atoms with Crippen LogP contribution in [0.15, 0.2) is 110 Å². The third-order valence-corrected chi connectivity index (χ3v) is 10.8. The first-order valence-electron chi connectivity index (χ1n) is 16.2. The van der Waals surface area contributed by atoms with Crippen LogP contribution in [0.3, 0.4) is 0 Å². The normalized spacial score (nSPS) is 13.2. The molecule has 0 aliphatic heterocycles. The van der Waals surface area contributed by atoms with Gasteiger partial charge in [-0.3, -0.25) is 0 Å².